The number of anilines is 3. The molecule has 0 unspecified atom stereocenters. The quantitative estimate of drug-likeness (QED) is 0.166. The Morgan fingerprint density at radius 1 is 0.309 bits per heavy atom. The molecule has 2 aliphatic rings. The molecular formula is C54H43N. The van der Waals surface area contributed by atoms with Gasteiger partial charge >= 0.3 is 0 Å². The van der Waals surface area contributed by atoms with Gasteiger partial charge in [0.05, 0.1) is 5.69 Å². The number of rotatable bonds is 6. The summed E-state index contributed by atoms with van der Waals surface area (Å²) in [5.74, 6) is 0. The summed E-state index contributed by atoms with van der Waals surface area (Å²) in [6.45, 7) is 9.48. The fourth-order valence-electron chi connectivity index (χ4n) is 9.46. The molecule has 2 aliphatic carbocycles. The molecule has 0 aliphatic heterocycles. The van der Waals surface area contributed by atoms with Crippen molar-refractivity contribution in [3.63, 3.8) is 0 Å². The third-order valence-electron chi connectivity index (χ3n) is 12.3. The van der Waals surface area contributed by atoms with Crippen LogP contribution in [-0.2, 0) is 10.8 Å². The van der Waals surface area contributed by atoms with Crippen LogP contribution in [0.5, 0.6) is 0 Å². The molecule has 264 valence electrons. The highest BCUT2D eigenvalue weighted by Gasteiger charge is 2.39. The molecule has 0 saturated heterocycles. The number of hydrogen-bond acceptors (Lipinski definition) is 1. The zero-order valence-electron chi connectivity index (χ0n) is 31.8. The van der Waals surface area contributed by atoms with Crippen LogP contribution in [0.2, 0.25) is 0 Å². The minimum absolute atomic E-state index is 0.112. The summed E-state index contributed by atoms with van der Waals surface area (Å²) in [6, 6.07) is 69.6. The Morgan fingerprint density at radius 2 is 0.855 bits per heavy atom. The van der Waals surface area contributed by atoms with Gasteiger partial charge in [-0.05, 0) is 109 Å². The van der Waals surface area contributed by atoms with E-state index in [-0.39, 0.29) is 10.8 Å². The number of benzene rings is 8. The molecular weight excluding hydrogens is 663 g/mol. The Balaban J connectivity index is 1.21. The normalized spacial score (nSPS) is 14.1. The minimum atomic E-state index is -0.120. The van der Waals surface area contributed by atoms with Crippen molar-refractivity contribution in [2.75, 3.05) is 4.90 Å². The van der Waals surface area contributed by atoms with E-state index in [1.807, 2.05) is 0 Å². The second kappa shape index (κ2) is 12.6. The van der Waals surface area contributed by atoms with Gasteiger partial charge in [-0.15, -0.1) is 0 Å². The maximum Gasteiger partial charge on any atom is 0.0543 e. The third kappa shape index (κ3) is 5.22. The Hall–Kier alpha value is -6.44. The van der Waals surface area contributed by atoms with Gasteiger partial charge in [-0.2, -0.15) is 0 Å². The third-order valence-corrected chi connectivity index (χ3v) is 12.3. The van der Waals surface area contributed by atoms with Gasteiger partial charge < -0.3 is 4.90 Å². The lowest BCUT2D eigenvalue weighted by Crippen LogP contribution is -2.17. The Labute approximate surface area is 325 Å². The van der Waals surface area contributed by atoms with Gasteiger partial charge in [0, 0.05) is 27.8 Å². The van der Waals surface area contributed by atoms with E-state index in [9.17, 15) is 0 Å². The average Bonchev–Trinajstić information content (AvgIpc) is 3.61. The van der Waals surface area contributed by atoms with Gasteiger partial charge in [0.1, 0.15) is 0 Å². The van der Waals surface area contributed by atoms with Crippen LogP contribution in [0.25, 0.3) is 55.6 Å². The van der Waals surface area contributed by atoms with Crippen LogP contribution in [0.1, 0.15) is 49.9 Å². The summed E-state index contributed by atoms with van der Waals surface area (Å²) >= 11 is 0. The maximum absolute atomic E-state index is 2.52. The smallest absolute Gasteiger partial charge is 0.0543 e. The van der Waals surface area contributed by atoms with Gasteiger partial charge in [-0.3, -0.25) is 0 Å². The largest absolute Gasteiger partial charge is 0.310 e. The molecule has 0 bridgehead atoms. The van der Waals surface area contributed by atoms with E-state index in [1.165, 1.54) is 83.6 Å². The zero-order chi connectivity index (χ0) is 37.3. The summed E-state index contributed by atoms with van der Waals surface area (Å²) in [7, 11) is 0. The molecule has 0 atom stereocenters. The van der Waals surface area contributed by atoms with Gasteiger partial charge in [0.15, 0.2) is 0 Å². The Morgan fingerprint density at radius 3 is 1.62 bits per heavy atom. The Kier molecular flexibility index (Phi) is 7.58. The summed E-state index contributed by atoms with van der Waals surface area (Å²) in [6.07, 6.45) is 0. The van der Waals surface area contributed by atoms with Crippen LogP contribution in [0, 0.1) is 0 Å². The highest BCUT2D eigenvalue weighted by Crippen LogP contribution is 2.56. The summed E-state index contributed by atoms with van der Waals surface area (Å²) in [5.41, 5.74) is 21.3. The van der Waals surface area contributed by atoms with Gasteiger partial charge in [0.25, 0.3) is 0 Å². The standard InChI is InChI=1S/C54H43N/c1-53(2)48-26-14-12-24-45(48)52-49(53)27-16-28-51(52)55(41-30-32-44-43-23-11-13-25-47(43)54(3,4)50(44)35-41)40-22-15-21-39(33-40)46-34-38(36-17-7-5-8-18-36)29-31-42(46)37-19-9-6-10-20-37/h5-35H,1-4H3. The number of fused-ring (bicyclic) bond motifs is 6. The van der Waals surface area contributed by atoms with Crippen LogP contribution >= 0.6 is 0 Å². The molecule has 0 heterocycles. The molecule has 0 saturated carbocycles. The van der Waals surface area contributed by atoms with E-state index in [0.717, 1.165) is 11.4 Å². The lowest BCUT2D eigenvalue weighted by atomic mass is 9.82. The zero-order valence-corrected chi connectivity index (χ0v) is 31.8. The van der Waals surface area contributed by atoms with Crippen molar-refractivity contribution in [3.05, 3.63) is 210 Å². The molecule has 0 N–H and O–H groups in total. The predicted molar refractivity (Wildman–Crippen MR) is 233 cm³/mol. The van der Waals surface area contributed by atoms with E-state index in [2.05, 4.69) is 221 Å². The lowest BCUT2D eigenvalue weighted by Gasteiger charge is -2.31. The van der Waals surface area contributed by atoms with E-state index in [4.69, 9.17) is 0 Å². The SMILES string of the molecule is CC1(C)c2ccccc2-c2ccc(N(c3cccc(-c4cc(-c5ccccc5)ccc4-c4ccccc4)c3)c3cccc4c3-c3ccccc3C4(C)C)cc21. The van der Waals surface area contributed by atoms with Crippen molar-refractivity contribution in [3.8, 4) is 55.6 Å². The number of nitrogens with zero attached hydrogens (tertiary/aromatic N) is 1. The van der Waals surface area contributed by atoms with E-state index in [1.54, 1.807) is 0 Å². The van der Waals surface area contributed by atoms with Crippen LogP contribution < -0.4 is 4.90 Å². The molecule has 0 amide bonds. The van der Waals surface area contributed by atoms with Crippen molar-refractivity contribution < 1.29 is 0 Å². The average molecular weight is 706 g/mol. The maximum atomic E-state index is 2.52. The first kappa shape index (κ1) is 33.2. The van der Waals surface area contributed by atoms with Gasteiger partial charge in [-0.25, -0.2) is 0 Å². The first-order chi connectivity index (χ1) is 26.8. The molecule has 8 aromatic rings. The molecule has 55 heavy (non-hydrogen) atoms. The van der Waals surface area contributed by atoms with E-state index in [0.29, 0.717) is 0 Å². The molecule has 0 spiro atoms. The molecule has 1 nitrogen and oxygen atoms in total. The fraction of sp³-hybridized carbons (Fsp3) is 0.111. The first-order valence-corrected chi connectivity index (χ1v) is 19.4. The second-order valence-corrected chi connectivity index (χ2v) is 16.1. The molecule has 1 heteroatoms. The predicted octanol–water partition coefficient (Wildman–Crippen LogP) is 14.8. The van der Waals surface area contributed by atoms with Crippen molar-refractivity contribution in [1.82, 2.24) is 0 Å². The summed E-state index contributed by atoms with van der Waals surface area (Å²) < 4.78 is 0. The van der Waals surface area contributed by atoms with Crippen LogP contribution in [0.3, 0.4) is 0 Å². The van der Waals surface area contributed by atoms with Crippen molar-refractivity contribution in [2.24, 2.45) is 0 Å². The number of hydrogen-bond donors (Lipinski definition) is 0. The van der Waals surface area contributed by atoms with Crippen LogP contribution in [0.4, 0.5) is 17.1 Å². The molecule has 0 fully saturated rings. The van der Waals surface area contributed by atoms with Crippen molar-refractivity contribution >= 4 is 17.1 Å². The monoisotopic (exact) mass is 705 g/mol. The van der Waals surface area contributed by atoms with Gasteiger partial charge in [0.2, 0.25) is 0 Å². The minimum Gasteiger partial charge on any atom is -0.310 e. The van der Waals surface area contributed by atoms with E-state index < -0.39 is 0 Å². The lowest BCUT2D eigenvalue weighted by molar-refractivity contribution is 0.660. The highest BCUT2D eigenvalue weighted by molar-refractivity contribution is 5.97. The highest BCUT2D eigenvalue weighted by atomic mass is 15.1. The molecule has 10 rings (SSSR count). The van der Waals surface area contributed by atoms with Crippen LogP contribution in [-0.4, -0.2) is 0 Å². The molecule has 0 radical (unpaired) electrons. The Bertz CT molecular complexity index is 2750. The first-order valence-electron chi connectivity index (χ1n) is 19.4. The van der Waals surface area contributed by atoms with Gasteiger partial charge in [-0.1, -0.05) is 179 Å². The van der Waals surface area contributed by atoms with Crippen molar-refractivity contribution in [1.29, 1.82) is 0 Å². The van der Waals surface area contributed by atoms with Crippen molar-refractivity contribution in [2.45, 2.75) is 38.5 Å². The summed E-state index contributed by atoms with van der Waals surface area (Å²) in [4.78, 5) is 2.52. The molecule has 0 aromatic heterocycles. The second-order valence-electron chi connectivity index (χ2n) is 16.1. The fourth-order valence-corrected chi connectivity index (χ4v) is 9.46. The van der Waals surface area contributed by atoms with Crippen LogP contribution in [0.15, 0.2) is 188 Å². The molecule has 8 aromatic carbocycles. The van der Waals surface area contributed by atoms with E-state index >= 15 is 0 Å². The summed E-state index contributed by atoms with van der Waals surface area (Å²) in [5, 5.41) is 0. The topological polar surface area (TPSA) is 3.24 Å².